The van der Waals surface area contributed by atoms with Crippen LogP contribution >= 0.6 is 0 Å². The first kappa shape index (κ1) is 12.1. The van der Waals surface area contributed by atoms with Gasteiger partial charge in [0.05, 0.1) is 24.0 Å². The van der Waals surface area contributed by atoms with Crippen molar-refractivity contribution < 1.29 is 4.74 Å². The average molecular weight is 212 g/mol. The Balaban J connectivity index is 2.82. The van der Waals surface area contributed by atoms with E-state index in [9.17, 15) is 0 Å². The van der Waals surface area contributed by atoms with Crippen LogP contribution in [0.5, 0.6) is 0 Å². The van der Waals surface area contributed by atoms with Crippen molar-refractivity contribution in [2.24, 2.45) is 7.05 Å². The number of rotatable bonds is 6. The molecule has 1 N–H and O–H groups in total. The number of hydrogen-bond donors (Lipinski definition) is 1. The van der Waals surface area contributed by atoms with Crippen molar-refractivity contribution in [2.75, 3.05) is 14.2 Å². The Labute approximate surface area is 90.8 Å². The number of likely N-dealkylation sites (N-methyl/N-ethyl adjacent to an activating group) is 1. The van der Waals surface area contributed by atoms with Crippen molar-refractivity contribution in [2.45, 2.75) is 31.9 Å². The highest BCUT2D eigenvalue weighted by Gasteiger charge is 2.23. The van der Waals surface area contributed by atoms with Gasteiger partial charge in [0.1, 0.15) is 0 Å². The van der Waals surface area contributed by atoms with Gasteiger partial charge in [-0.15, -0.1) is 5.10 Å². The van der Waals surface area contributed by atoms with E-state index in [-0.39, 0.29) is 12.1 Å². The molecule has 0 aliphatic heterocycles. The summed E-state index contributed by atoms with van der Waals surface area (Å²) in [6.07, 6.45) is 4.06. The van der Waals surface area contributed by atoms with Crippen LogP contribution in [-0.4, -0.2) is 35.3 Å². The molecule has 0 amide bonds. The van der Waals surface area contributed by atoms with E-state index in [1.165, 1.54) is 0 Å². The molecule has 0 spiro atoms. The summed E-state index contributed by atoms with van der Waals surface area (Å²) in [6, 6.07) is 0.148. The summed E-state index contributed by atoms with van der Waals surface area (Å²) in [5.74, 6) is 0. The number of aromatic nitrogens is 3. The summed E-state index contributed by atoms with van der Waals surface area (Å²) in [5, 5.41) is 11.1. The van der Waals surface area contributed by atoms with Crippen molar-refractivity contribution in [3.05, 3.63) is 11.9 Å². The van der Waals surface area contributed by atoms with E-state index in [1.807, 2.05) is 14.1 Å². The normalized spacial score (nSPS) is 15.2. The Bertz CT molecular complexity index is 287. The topological polar surface area (TPSA) is 52.0 Å². The first-order valence-electron chi connectivity index (χ1n) is 5.29. The summed E-state index contributed by atoms with van der Waals surface area (Å²) in [4.78, 5) is 0. The minimum absolute atomic E-state index is 0.148. The molecule has 5 heteroatoms. The van der Waals surface area contributed by atoms with Gasteiger partial charge < -0.3 is 10.1 Å². The van der Waals surface area contributed by atoms with E-state index < -0.39 is 0 Å². The zero-order valence-corrected chi connectivity index (χ0v) is 9.90. The lowest BCUT2D eigenvalue weighted by atomic mass is 10.0. The zero-order chi connectivity index (χ0) is 11.3. The van der Waals surface area contributed by atoms with Gasteiger partial charge in [0, 0.05) is 14.2 Å². The highest BCUT2D eigenvalue weighted by atomic mass is 16.5. The lowest BCUT2D eigenvalue weighted by molar-refractivity contribution is 0.0606. The van der Waals surface area contributed by atoms with E-state index in [2.05, 4.69) is 22.6 Å². The van der Waals surface area contributed by atoms with Gasteiger partial charge >= 0.3 is 0 Å². The number of nitrogens with zero attached hydrogens (tertiary/aromatic N) is 3. The lowest BCUT2D eigenvalue weighted by Gasteiger charge is -2.24. The van der Waals surface area contributed by atoms with Crippen molar-refractivity contribution >= 4 is 0 Å². The van der Waals surface area contributed by atoms with Gasteiger partial charge in [0.25, 0.3) is 0 Å². The molecule has 0 saturated heterocycles. The van der Waals surface area contributed by atoms with Crippen LogP contribution in [0.1, 0.15) is 31.5 Å². The van der Waals surface area contributed by atoms with Gasteiger partial charge in [-0.2, -0.15) is 0 Å². The van der Waals surface area contributed by atoms with Crippen LogP contribution in [0.25, 0.3) is 0 Å². The summed E-state index contributed by atoms with van der Waals surface area (Å²) >= 11 is 0. The van der Waals surface area contributed by atoms with Crippen LogP contribution in [0.2, 0.25) is 0 Å². The van der Waals surface area contributed by atoms with Crippen molar-refractivity contribution in [3.63, 3.8) is 0 Å². The maximum absolute atomic E-state index is 5.49. The van der Waals surface area contributed by atoms with E-state index in [0.717, 1.165) is 18.5 Å². The van der Waals surface area contributed by atoms with Crippen molar-refractivity contribution in [1.82, 2.24) is 20.3 Å². The molecule has 0 fully saturated rings. The van der Waals surface area contributed by atoms with Crippen LogP contribution in [0.15, 0.2) is 6.20 Å². The molecule has 86 valence electrons. The molecule has 2 unspecified atom stereocenters. The molecule has 0 saturated carbocycles. The first-order chi connectivity index (χ1) is 7.24. The third-order valence-electron chi connectivity index (χ3n) is 2.63. The summed E-state index contributed by atoms with van der Waals surface area (Å²) in [5.41, 5.74) is 1.05. The molecule has 15 heavy (non-hydrogen) atoms. The largest absolute Gasteiger partial charge is 0.379 e. The van der Waals surface area contributed by atoms with Crippen LogP contribution in [0.4, 0.5) is 0 Å². The highest BCUT2D eigenvalue weighted by Crippen LogP contribution is 2.20. The van der Waals surface area contributed by atoms with E-state index in [4.69, 9.17) is 4.74 Å². The summed E-state index contributed by atoms with van der Waals surface area (Å²) < 4.78 is 7.27. The predicted molar refractivity (Wildman–Crippen MR) is 58.5 cm³/mol. The van der Waals surface area contributed by atoms with Gasteiger partial charge in [-0.1, -0.05) is 18.6 Å². The Morgan fingerprint density at radius 1 is 1.60 bits per heavy atom. The molecule has 0 aliphatic rings. The Hall–Kier alpha value is -0.940. The number of nitrogens with one attached hydrogen (secondary N) is 1. The lowest BCUT2D eigenvalue weighted by Crippen LogP contribution is -2.32. The van der Waals surface area contributed by atoms with Gasteiger partial charge in [-0.25, -0.2) is 0 Å². The van der Waals surface area contributed by atoms with Crippen LogP contribution in [0, 0.1) is 0 Å². The van der Waals surface area contributed by atoms with E-state index in [0.29, 0.717) is 0 Å². The fraction of sp³-hybridized carbons (Fsp3) is 0.800. The van der Waals surface area contributed by atoms with Gasteiger partial charge in [-0.3, -0.25) is 4.68 Å². The third-order valence-corrected chi connectivity index (χ3v) is 2.63. The molecule has 1 heterocycles. The Morgan fingerprint density at radius 2 is 2.33 bits per heavy atom. The molecule has 1 aromatic rings. The molecule has 0 bridgehead atoms. The molecule has 0 aliphatic carbocycles. The zero-order valence-electron chi connectivity index (χ0n) is 9.90. The molecular weight excluding hydrogens is 192 g/mol. The second-order valence-corrected chi connectivity index (χ2v) is 3.61. The molecule has 5 nitrogen and oxygen atoms in total. The molecule has 1 rings (SSSR count). The third kappa shape index (κ3) is 2.76. The smallest absolute Gasteiger partial charge is 0.0781 e. The fourth-order valence-corrected chi connectivity index (χ4v) is 1.81. The second kappa shape index (κ2) is 5.82. The number of aryl methyl sites for hydroxylation is 1. The van der Waals surface area contributed by atoms with Gasteiger partial charge in [-0.05, 0) is 13.5 Å². The quantitative estimate of drug-likeness (QED) is 0.761. The van der Waals surface area contributed by atoms with Gasteiger partial charge in [0.15, 0.2) is 0 Å². The van der Waals surface area contributed by atoms with Crippen molar-refractivity contribution in [1.29, 1.82) is 0 Å². The second-order valence-electron chi connectivity index (χ2n) is 3.61. The molecule has 0 aromatic carbocycles. The minimum atomic E-state index is 0.148. The van der Waals surface area contributed by atoms with Crippen LogP contribution < -0.4 is 5.32 Å². The maximum Gasteiger partial charge on any atom is 0.0781 e. The van der Waals surface area contributed by atoms with E-state index >= 15 is 0 Å². The van der Waals surface area contributed by atoms with Gasteiger partial charge in [0.2, 0.25) is 0 Å². The van der Waals surface area contributed by atoms with Crippen LogP contribution in [0.3, 0.4) is 0 Å². The van der Waals surface area contributed by atoms with Crippen molar-refractivity contribution in [3.8, 4) is 0 Å². The monoisotopic (exact) mass is 212 g/mol. The SMILES string of the molecule is CCCC(OC)C(NC)c1cnnn1C. The molecule has 1 aromatic heterocycles. The summed E-state index contributed by atoms with van der Waals surface area (Å²) in [6.45, 7) is 2.15. The predicted octanol–water partition coefficient (Wildman–Crippen LogP) is 0.891. The first-order valence-corrected chi connectivity index (χ1v) is 5.29. The maximum atomic E-state index is 5.49. The summed E-state index contributed by atoms with van der Waals surface area (Å²) in [7, 11) is 5.57. The molecule has 2 atom stereocenters. The minimum Gasteiger partial charge on any atom is -0.379 e. The number of ether oxygens (including phenoxy) is 1. The molecule has 0 radical (unpaired) electrons. The molecular formula is C10H20N4O. The standard InChI is InChI=1S/C10H20N4O/c1-5-6-9(15-4)10(11-2)8-7-12-13-14(8)3/h7,9-11H,5-6H2,1-4H3. The Morgan fingerprint density at radius 3 is 2.73 bits per heavy atom. The van der Waals surface area contributed by atoms with Crippen LogP contribution in [-0.2, 0) is 11.8 Å². The number of hydrogen-bond acceptors (Lipinski definition) is 4. The Kier molecular flexibility index (Phi) is 4.71. The average Bonchev–Trinajstić information content (AvgIpc) is 2.65. The number of methoxy groups -OCH3 is 1. The fourth-order valence-electron chi connectivity index (χ4n) is 1.81. The highest BCUT2D eigenvalue weighted by molar-refractivity contribution is 5.04. The van der Waals surface area contributed by atoms with E-state index in [1.54, 1.807) is 18.0 Å².